The van der Waals surface area contributed by atoms with E-state index in [9.17, 15) is 18.0 Å². The SMILES string of the molecule is CC(=NCC(=O)N1CCN(c2ccc(I)cc2)CC1)C(C)=C(N)C(F)(F)F. The number of piperazine rings is 1. The maximum Gasteiger partial charge on any atom is 0.431 e. The second kappa shape index (κ2) is 8.94. The number of aliphatic imine (C=N–C) groups is 1. The summed E-state index contributed by atoms with van der Waals surface area (Å²) in [5, 5.41) is 0. The third-order valence-corrected chi connectivity index (χ3v) is 5.25. The molecular formula is C18H22F3IN4O. The first kappa shape index (κ1) is 21.5. The van der Waals surface area contributed by atoms with Crippen molar-refractivity contribution in [1.29, 1.82) is 0 Å². The molecule has 2 N–H and O–H groups in total. The molecule has 5 nitrogen and oxygen atoms in total. The van der Waals surface area contributed by atoms with Crippen LogP contribution >= 0.6 is 22.6 Å². The summed E-state index contributed by atoms with van der Waals surface area (Å²) in [6, 6.07) is 8.17. The Morgan fingerprint density at radius 2 is 1.70 bits per heavy atom. The number of hydrogen-bond acceptors (Lipinski definition) is 4. The highest BCUT2D eigenvalue weighted by atomic mass is 127. The molecule has 0 aromatic heterocycles. The van der Waals surface area contributed by atoms with Gasteiger partial charge in [-0.3, -0.25) is 9.79 Å². The monoisotopic (exact) mass is 494 g/mol. The van der Waals surface area contributed by atoms with Gasteiger partial charge in [0.25, 0.3) is 0 Å². The molecule has 1 heterocycles. The molecule has 0 atom stereocenters. The minimum absolute atomic E-state index is 0.121. The van der Waals surface area contributed by atoms with Crippen molar-refractivity contribution < 1.29 is 18.0 Å². The van der Waals surface area contributed by atoms with Crippen molar-refractivity contribution >= 4 is 39.9 Å². The summed E-state index contributed by atoms with van der Waals surface area (Å²) in [5.74, 6) is -0.199. The zero-order chi connectivity index (χ0) is 20.2. The molecule has 0 saturated carbocycles. The summed E-state index contributed by atoms with van der Waals surface area (Å²) in [6.45, 7) is 5.02. The van der Waals surface area contributed by atoms with E-state index in [1.165, 1.54) is 13.8 Å². The van der Waals surface area contributed by atoms with Crippen LogP contribution in [0.4, 0.5) is 18.9 Å². The number of hydrogen-bond donors (Lipinski definition) is 1. The van der Waals surface area contributed by atoms with Gasteiger partial charge in [0.15, 0.2) is 0 Å². The predicted octanol–water partition coefficient (Wildman–Crippen LogP) is 3.20. The normalized spacial score (nSPS) is 17.0. The van der Waals surface area contributed by atoms with Gasteiger partial charge in [-0.2, -0.15) is 13.2 Å². The van der Waals surface area contributed by atoms with Crippen LogP contribution in [0.15, 0.2) is 40.5 Å². The molecule has 1 saturated heterocycles. The Balaban J connectivity index is 1.91. The van der Waals surface area contributed by atoms with Crippen LogP contribution in [0.2, 0.25) is 0 Å². The maximum absolute atomic E-state index is 12.6. The van der Waals surface area contributed by atoms with E-state index in [2.05, 4.69) is 32.5 Å². The fraction of sp³-hybridized carbons (Fsp3) is 0.444. The van der Waals surface area contributed by atoms with Crippen LogP contribution in [0.5, 0.6) is 0 Å². The van der Waals surface area contributed by atoms with Gasteiger partial charge in [0, 0.05) is 41.1 Å². The van der Waals surface area contributed by atoms with Gasteiger partial charge in [-0.15, -0.1) is 0 Å². The number of nitrogens with zero attached hydrogens (tertiary/aromatic N) is 3. The van der Waals surface area contributed by atoms with Crippen molar-refractivity contribution in [3.63, 3.8) is 0 Å². The highest BCUT2D eigenvalue weighted by molar-refractivity contribution is 14.1. The van der Waals surface area contributed by atoms with E-state index < -0.39 is 11.9 Å². The molecule has 1 amide bonds. The highest BCUT2D eigenvalue weighted by Gasteiger charge is 2.33. The van der Waals surface area contributed by atoms with Gasteiger partial charge in [-0.05, 0) is 66.3 Å². The average molecular weight is 494 g/mol. The Labute approximate surface area is 170 Å². The van der Waals surface area contributed by atoms with Crippen LogP contribution in [-0.2, 0) is 4.79 Å². The second-order valence-electron chi connectivity index (χ2n) is 6.28. The van der Waals surface area contributed by atoms with E-state index in [-0.39, 0.29) is 23.7 Å². The van der Waals surface area contributed by atoms with E-state index in [0.29, 0.717) is 26.2 Å². The number of benzene rings is 1. The van der Waals surface area contributed by atoms with E-state index in [0.717, 1.165) is 9.26 Å². The van der Waals surface area contributed by atoms with Crippen LogP contribution in [0.3, 0.4) is 0 Å². The van der Waals surface area contributed by atoms with E-state index in [4.69, 9.17) is 5.73 Å². The first-order valence-corrected chi connectivity index (χ1v) is 9.50. The Bertz CT molecular complexity index is 736. The number of allylic oxidation sites excluding steroid dienone is 2. The molecule has 1 aliphatic heterocycles. The minimum atomic E-state index is -4.60. The predicted molar refractivity (Wildman–Crippen MR) is 109 cm³/mol. The van der Waals surface area contributed by atoms with Gasteiger partial charge >= 0.3 is 6.18 Å². The maximum atomic E-state index is 12.6. The molecule has 0 radical (unpaired) electrons. The quantitative estimate of drug-likeness (QED) is 0.517. The molecule has 1 fully saturated rings. The van der Waals surface area contributed by atoms with E-state index >= 15 is 0 Å². The number of amides is 1. The summed E-state index contributed by atoms with van der Waals surface area (Å²) in [4.78, 5) is 20.2. The fourth-order valence-electron chi connectivity index (χ4n) is 2.68. The molecule has 1 aliphatic rings. The summed E-state index contributed by atoms with van der Waals surface area (Å²) in [7, 11) is 0. The van der Waals surface area contributed by atoms with Gasteiger partial charge in [0.2, 0.25) is 5.91 Å². The molecule has 0 unspecified atom stereocenters. The third kappa shape index (κ3) is 5.85. The number of carbonyl (C=O) groups excluding carboxylic acids is 1. The zero-order valence-electron chi connectivity index (χ0n) is 15.2. The lowest BCUT2D eigenvalue weighted by atomic mass is 10.1. The van der Waals surface area contributed by atoms with Crippen molar-refractivity contribution in [3.05, 3.63) is 39.1 Å². The summed E-state index contributed by atoms with van der Waals surface area (Å²) in [5.41, 5.74) is 5.00. The van der Waals surface area contributed by atoms with Crippen molar-refractivity contribution in [1.82, 2.24) is 4.90 Å². The minimum Gasteiger partial charge on any atom is -0.394 e. The molecule has 0 aliphatic carbocycles. The van der Waals surface area contributed by atoms with Crippen LogP contribution in [0.1, 0.15) is 13.8 Å². The zero-order valence-corrected chi connectivity index (χ0v) is 17.3. The molecule has 148 valence electrons. The molecule has 1 aromatic carbocycles. The number of alkyl halides is 3. The Hall–Kier alpha value is -1.78. The molecule has 1 aromatic rings. The van der Waals surface area contributed by atoms with Gasteiger partial charge in [-0.25, -0.2) is 0 Å². The third-order valence-electron chi connectivity index (χ3n) is 4.53. The number of rotatable bonds is 4. The van der Waals surface area contributed by atoms with Crippen LogP contribution < -0.4 is 10.6 Å². The van der Waals surface area contributed by atoms with Gasteiger partial charge in [0.05, 0.1) is 0 Å². The van der Waals surface area contributed by atoms with Crippen molar-refractivity contribution in [2.75, 3.05) is 37.6 Å². The van der Waals surface area contributed by atoms with Gasteiger partial charge in [0.1, 0.15) is 12.2 Å². The number of carbonyl (C=O) groups is 1. The highest BCUT2D eigenvalue weighted by Crippen LogP contribution is 2.24. The lowest BCUT2D eigenvalue weighted by Crippen LogP contribution is -2.49. The number of nitrogens with two attached hydrogens (primary N) is 1. The summed E-state index contributed by atoms with van der Waals surface area (Å²) in [6.07, 6.45) is -4.60. The number of halogens is 4. The van der Waals surface area contributed by atoms with E-state index in [1.807, 2.05) is 24.3 Å². The Morgan fingerprint density at radius 1 is 1.15 bits per heavy atom. The van der Waals surface area contributed by atoms with Crippen LogP contribution in [0.25, 0.3) is 0 Å². The molecule has 9 heteroatoms. The number of anilines is 1. The van der Waals surface area contributed by atoms with Crippen molar-refractivity contribution in [2.24, 2.45) is 10.7 Å². The molecule has 0 bridgehead atoms. The van der Waals surface area contributed by atoms with Crippen LogP contribution in [-0.4, -0.2) is 55.4 Å². The first-order chi connectivity index (χ1) is 12.6. The van der Waals surface area contributed by atoms with Gasteiger partial charge < -0.3 is 15.5 Å². The second-order valence-corrected chi connectivity index (χ2v) is 7.53. The molecule has 27 heavy (non-hydrogen) atoms. The first-order valence-electron chi connectivity index (χ1n) is 8.43. The average Bonchev–Trinajstić information content (AvgIpc) is 2.64. The largest absolute Gasteiger partial charge is 0.431 e. The fourth-order valence-corrected chi connectivity index (χ4v) is 3.04. The van der Waals surface area contributed by atoms with Crippen molar-refractivity contribution in [2.45, 2.75) is 20.0 Å². The Morgan fingerprint density at radius 3 is 2.22 bits per heavy atom. The summed E-state index contributed by atoms with van der Waals surface area (Å²) < 4.78 is 39.1. The lowest BCUT2D eigenvalue weighted by molar-refractivity contribution is -0.129. The smallest absolute Gasteiger partial charge is 0.394 e. The molecule has 0 spiro atoms. The van der Waals surface area contributed by atoms with Gasteiger partial charge in [-0.1, -0.05) is 0 Å². The topological polar surface area (TPSA) is 61.9 Å². The summed E-state index contributed by atoms with van der Waals surface area (Å²) >= 11 is 2.25. The lowest BCUT2D eigenvalue weighted by Gasteiger charge is -2.36. The Kier molecular flexibility index (Phi) is 7.12. The van der Waals surface area contributed by atoms with Crippen molar-refractivity contribution in [3.8, 4) is 0 Å². The van der Waals surface area contributed by atoms with Crippen LogP contribution in [0, 0.1) is 3.57 Å². The molecule has 2 rings (SSSR count). The van der Waals surface area contributed by atoms with E-state index in [1.54, 1.807) is 4.90 Å². The molecular weight excluding hydrogens is 472 g/mol. The standard InChI is InChI=1S/C18H22F3IN4O/c1-12(17(23)18(19,20)21)13(2)24-11-16(27)26-9-7-25(8-10-26)15-5-3-14(22)4-6-15/h3-6H,7-11,23H2,1-2H3.